The van der Waals surface area contributed by atoms with Crippen LogP contribution in [0.5, 0.6) is 0 Å². The van der Waals surface area contributed by atoms with E-state index in [1.165, 1.54) is 5.56 Å². The fourth-order valence-electron chi connectivity index (χ4n) is 2.58. The van der Waals surface area contributed by atoms with Crippen LogP contribution in [-0.2, 0) is 16.4 Å². The summed E-state index contributed by atoms with van der Waals surface area (Å²) in [6.45, 7) is 13.0. The highest BCUT2D eigenvalue weighted by Crippen LogP contribution is 2.24. The fraction of sp³-hybridized carbons (Fsp3) is 0.800. The van der Waals surface area contributed by atoms with Crippen LogP contribution in [0, 0.1) is 13.8 Å². The van der Waals surface area contributed by atoms with Crippen molar-refractivity contribution in [3.63, 3.8) is 0 Å². The third-order valence-corrected chi connectivity index (χ3v) is 6.14. The molecule has 1 N–H and O–H groups in total. The molecule has 0 spiro atoms. The summed E-state index contributed by atoms with van der Waals surface area (Å²) in [5.41, 5.74) is 3.27. The van der Waals surface area contributed by atoms with E-state index >= 15 is 0 Å². The van der Waals surface area contributed by atoms with Gasteiger partial charge in [0.05, 0.1) is 23.2 Å². The SMILES string of the molecule is CCNC(CC)c1c(C)nn(CCS(=O)(=O)C(C)C)c1C. The number of hydrogen-bond acceptors (Lipinski definition) is 4. The molecule has 122 valence electrons. The second kappa shape index (κ2) is 7.40. The van der Waals surface area contributed by atoms with E-state index in [1.807, 2.05) is 18.5 Å². The maximum absolute atomic E-state index is 11.9. The van der Waals surface area contributed by atoms with Crippen LogP contribution in [0.1, 0.15) is 57.1 Å². The van der Waals surface area contributed by atoms with Crippen LogP contribution in [0.3, 0.4) is 0 Å². The van der Waals surface area contributed by atoms with E-state index in [0.717, 1.165) is 24.4 Å². The van der Waals surface area contributed by atoms with Crippen molar-refractivity contribution in [1.82, 2.24) is 15.1 Å². The van der Waals surface area contributed by atoms with E-state index in [1.54, 1.807) is 13.8 Å². The van der Waals surface area contributed by atoms with Crippen LogP contribution in [0.15, 0.2) is 0 Å². The molecule has 0 aliphatic rings. The van der Waals surface area contributed by atoms with Crippen LogP contribution in [-0.4, -0.2) is 35.7 Å². The molecule has 5 nitrogen and oxygen atoms in total. The summed E-state index contributed by atoms with van der Waals surface area (Å²) < 4.78 is 25.7. The number of aryl methyl sites for hydroxylation is 2. The number of hydrogen-bond donors (Lipinski definition) is 1. The van der Waals surface area contributed by atoms with E-state index in [-0.39, 0.29) is 17.0 Å². The van der Waals surface area contributed by atoms with Gasteiger partial charge in [0.15, 0.2) is 9.84 Å². The number of rotatable bonds is 8. The number of nitrogens with one attached hydrogen (secondary N) is 1. The Balaban J connectivity index is 2.97. The van der Waals surface area contributed by atoms with Gasteiger partial charge < -0.3 is 5.32 Å². The number of nitrogens with zero attached hydrogens (tertiary/aromatic N) is 2. The first kappa shape index (κ1) is 18.2. The zero-order valence-corrected chi connectivity index (χ0v) is 14.9. The molecule has 1 aromatic rings. The van der Waals surface area contributed by atoms with Gasteiger partial charge in [-0.3, -0.25) is 4.68 Å². The van der Waals surface area contributed by atoms with Crippen molar-refractivity contribution < 1.29 is 8.42 Å². The lowest BCUT2D eigenvalue weighted by Crippen LogP contribution is -2.23. The average molecular weight is 315 g/mol. The standard InChI is InChI=1S/C15H29N3O2S/c1-7-14(16-8-2)15-12(5)17-18(13(15)6)9-10-21(19,20)11(3)4/h11,14,16H,7-10H2,1-6H3. The van der Waals surface area contributed by atoms with Crippen LogP contribution in [0.2, 0.25) is 0 Å². The third-order valence-electron chi connectivity index (χ3n) is 3.95. The second-order valence-corrected chi connectivity index (χ2v) is 8.42. The predicted octanol–water partition coefficient (Wildman–Crippen LogP) is 2.38. The first-order chi connectivity index (χ1) is 9.74. The number of sulfone groups is 1. The van der Waals surface area contributed by atoms with Gasteiger partial charge in [-0.05, 0) is 40.7 Å². The monoisotopic (exact) mass is 315 g/mol. The van der Waals surface area contributed by atoms with Gasteiger partial charge in [0, 0.05) is 17.3 Å². The molecule has 0 aliphatic carbocycles. The second-order valence-electron chi connectivity index (χ2n) is 5.74. The molecule has 21 heavy (non-hydrogen) atoms. The van der Waals surface area contributed by atoms with Gasteiger partial charge >= 0.3 is 0 Å². The van der Waals surface area contributed by atoms with E-state index in [9.17, 15) is 8.42 Å². The minimum absolute atomic E-state index is 0.143. The Kier molecular flexibility index (Phi) is 6.41. The van der Waals surface area contributed by atoms with Crippen molar-refractivity contribution in [2.24, 2.45) is 0 Å². The summed E-state index contributed by atoms with van der Waals surface area (Å²) in [5, 5.41) is 7.66. The van der Waals surface area contributed by atoms with Crippen LogP contribution >= 0.6 is 0 Å². The Bertz CT molecular complexity index is 562. The Morgan fingerprint density at radius 1 is 1.24 bits per heavy atom. The van der Waals surface area contributed by atoms with Crippen LogP contribution in [0.4, 0.5) is 0 Å². The fourth-order valence-corrected chi connectivity index (χ4v) is 3.48. The molecule has 6 heteroatoms. The van der Waals surface area contributed by atoms with Crippen LogP contribution in [0.25, 0.3) is 0 Å². The molecule has 0 saturated heterocycles. The zero-order chi connectivity index (χ0) is 16.2. The summed E-state index contributed by atoms with van der Waals surface area (Å²) in [7, 11) is -3.03. The highest BCUT2D eigenvalue weighted by atomic mass is 32.2. The molecule has 0 radical (unpaired) electrons. The highest BCUT2D eigenvalue weighted by molar-refractivity contribution is 7.91. The van der Waals surface area contributed by atoms with Crippen molar-refractivity contribution in [1.29, 1.82) is 0 Å². The van der Waals surface area contributed by atoms with Gasteiger partial charge in [-0.2, -0.15) is 5.10 Å². The lowest BCUT2D eigenvalue weighted by molar-refractivity contribution is 0.530. The van der Waals surface area contributed by atoms with Gasteiger partial charge in [-0.1, -0.05) is 13.8 Å². The van der Waals surface area contributed by atoms with Gasteiger partial charge in [0.1, 0.15) is 0 Å². The molecule has 0 fully saturated rings. The lowest BCUT2D eigenvalue weighted by Gasteiger charge is -2.17. The van der Waals surface area contributed by atoms with Gasteiger partial charge in [-0.15, -0.1) is 0 Å². The molecule has 0 bridgehead atoms. The van der Waals surface area contributed by atoms with E-state index in [0.29, 0.717) is 6.54 Å². The van der Waals surface area contributed by atoms with Crippen molar-refractivity contribution >= 4 is 9.84 Å². The van der Waals surface area contributed by atoms with Crippen molar-refractivity contribution in [3.05, 3.63) is 17.0 Å². The summed E-state index contributed by atoms with van der Waals surface area (Å²) in [6, 6.07) is 0.283. The topological polar surface area (TPSA) is 64.0 Å². The molecule has 1 unspecified atom stereocenters. The molecule has 1 heterocycles. The third kappa shape index (κ3) is 4.30. The van der Waals surface area contributed by atoms with E-state index in [2.05, 4.69) is 24.3 Å². The Hall–Kier alpha value is -0.880. The summed E-state index contributed by atoms with van der Waals surface area (Å²) >= 11 is 0. The van der Waals surface area contributed by atoms with Gasteiger partial charge in [0.2, 0.25) is 0 Å². The highest BCUT2D eigenvalue weighted by Gasteiger charge is 2.21. The summed E-state index contributed by atoms with van der Waals surface area (Å²) in [5.74, 6) is 0.143. The zero-order valence-electron chi connectivity index (χ0n) is 14.1. The van der Waals surface area contributed by atoms with E-state index in [4.69, 9.17) is 0 Å². The lowest BCUT2D eigenvalue weighted by atomic mass is 10.0. The first-order valence-electron chi connectivity index (χ1n) is 7.73. The van der Waals surface area contributed by atoms with Crippen LogP contribution < -0.4 is 5.32 Å². The minimum Gasteiger partial charge on any atom is -0.310 e. The molecule has 0 saturated carbocycles. The van der Waals surface area contributed by atoms with E-state index < -0.39 is 9.84 Å². The smallest absolute Gasteiger partial charge is 0.154 e. The maximum Gasteiger partial charge on any atom is 0.154 e. The molecule has 1 rings (SSSR count). The van der Waals surface area contributed by atoms with Crippen molar-refractivity contribution in [2.75, 3.05) is 12.3 Å². The largest absolute Gasteiger partial charge is 0.310 e. The number of aromatic nitrogens is 2. The average Bonchev–Trinajstić information content (AvgIpc) is 2.69. The normalized spacial score (nSPS) is 13.9. The van der Waals surface area contributed by atoms with Crippen molar-refractivity contribution in [3.8, 4) is 0 Å². The summed E-state index contributed by atoms with van der Waals surface area (Å²) in [6.07, 6.45) is 0.992. The molecule has 1 aromatic heterocycles. The van der Waals surface area contributed by atoms with Gasteiger partial charge in [-0.25, -0.2) is 8.42 Å². The Labute approximate surface area is 129 Å². The first-order valence-corrected chi connectivity index (χ1v) is 9.44. The predicted molar refractivity (Wildman–Crippen MR) is 87.3 cm³/mol. The molecule has 0 amide bonds. The quantitative estimate of drug-likeness (QED) is 0.800. The maximum atomic E-state index is 11.9. The minimum atomic E-state index is -3.03. The molecule has 0 aliphatic heterocycles. The van der Waals surface area contributed by atoms with Crippen molar-refractivity contribution in [2.45, 2.75) is 65.8 Å². The molecule has 0 aromatic carbocycles. The Morgan fingerprint density at radius 3 is 2.33 bits per heavy atom. The summed E-state index contributed by atoms with van der Waals surface area (Å²) in [4.78, 5) is 0. The molecular weight excluding hydrogens is 286 g/mol. The Morgan fingerprint density at radius 2 is 1.86 bits per heavy atom. The van der Waals surface area contributed by atoms with Gasteiger partial charge in [0.25, 0.3) is 0 Å². The molecular formula is C15H29N3O2S. The molecule has 1 atom stereocenters.